The maximum atomic E-state index is 13.1. The zero-order valence-electron chi connectivity index (χ0n) is 13.3. The Balaban J connectivity index is 2.63. The molecule has 5 nitrogen and oxygen atoms in total. The van der Waals surface area contributed by atoms with Crippen molar-refractivity contribution in [2.24, 2.45) is 7.05 Å². The largest absolute Gasteiger partial charge is 0.271 e. The van der Waals surface area contributed by atoms with Crippen LogP contribution >= 0.6 is 0 Å². The van der Waals surface area contributed by atoms with Gasteiger partial charge in [-0.15, -0.1) is 0 Å². The molecule has 120 valence electrons. The molecule has 0 saturated carbocycles. The molecule has 0 amide bonds. The van der Waals surface area contributed by atoms with Crippen molar-refractivity contribution in [3.05, 3.63) is 41.5 Å². The molecule has 0 radical (unpaired) electrons. The molecule has 0 aliphatic carbocycles. The van der Waals surface area contributed by atoms with Crippen molar-refractivity contribution in [3.8, 4) is 0 Å². The van der Waals surface area contributed by atoms with Gasteiger partial charge in [0.2, 0.25) is 0 Å². The Kier molecular flexibility index (Phi) is 4.28. The molecule has 0 bridgehead atoms. The monoisotopic (exact) mass is 325 g/mol. The van der Waals surface area contributed by atoms with E-state index in [4.69, 9.17) is 0 Å². The van der Waals surface area contributed by atoms with Crippen LogP contribution < -0.4 is 4.31 Å². The number of aromatic nitrogens is 2. The number of aryl methyl sites for hydroxylation is 2. The van der Waals surface area contributed by atoms with Gasteiger partial charge in [-0.3, -0.25) is 8.99 Å². The summed E-state index contributed by atoms with van der Waals surface area (Å²) in [7, 11) is -2.07. The molecule has 0 atom stereocenters. The van der Waals surface area contributed by atoms with Crippen molar-refractivity contribution in [3.63, 3.8) is 0 Å². The fraction of sp³-hybridized carbons (Fsp3) is 0.400. The van der Waals surface area contributed by atoms with Crippen LogP contribution in [0.5, 0.6) is 0 Å². The average Bonchev–Trinajstić information content (AvgIpc) is 2.65. The van der Waals surface area contributed by atoms with Crippen molar-refractivity contribution in [1.82, 2.24) is 9.78 Å². The fourth-order valence-corrected chi connectivity index (χ4v) is 4.60. The molecule has 0 aliphatic rings. The molecule has 1 aromatic heterocycles. The lowest BCUT2D eigenvalue weighted by molar-refractivity contribution is 0.582. The first-order chi connectivity index (χ1) is 10.2. The van der Waals surface area contributed by atoms with E-state index in [1.165, 1.54) is 28.6 Å². The number of rotatable bonds is 4. The Hall–Kier alpha value is -1.89. The lowest BCUT2D eigenvalue weighted by Gasteiger charge is -2.28. The summed E-state index contributed by atoms with van der Waals surface area (Å²) < 4.78 is 42.1. The van der Waals surface area contributed by atoms with E-state index in [1.807, 2.05) is 0 Å². The van der Waals surface area contributed by atoms with Crippen molar-refractivity contribution in [2.45, 2.75) is 38.6 Å². The van der Waals surface area contributed by atoms with Crippen LogP contribution in [0.1, 0.15) is 25.2 Å². The van der Waals surface area contributed by atoms with E-state index in [-0.39, 0.29) is 10.9 Å². The van der Waals surface area contributed by atoms with Gasteiger partial charge in [-0.1, -0.05) is 0 Å². The highest BCUT2D eigenvalue weighted by molar-refractivity contribution is 7.93. The first-order valence-electron chi connectivity index (χ1n) is 6.96. The molecule has 1 heterocycles. The van der Waals surface area contributed by atoms with Crippen LogP contribution in [0.4, 0.5) is 10.1 Å². The van der Waals surface area contributed by atoms with E-state index in [2.05, 4.69) is 5.10 Å². The summed E-state index contributed by atoms with van der Waals surface area (Å²) in [5.41, 5.74) is 1.46. The number of halogens is 1. The molecule has 7 heteroatoms. The van der Waals surface area contributed by atoms with Crippen LogP contribution in [0.25, 0.3) is 0 Å². The second kappa shape index (κ2) is 5.72. The van der Waals surface area contributed by atoms with E-state index in [0.717, 1.165) is 0 Å². The third-order valence-electron chi connectivity index (χ3n) is 3.51. The minimum atomic E-state index is -3.78. The molecule has 0 saturated heterocycles. The molecule has 1 aromatic carbocycles. The predicted molar refractivity (Wildman–Crippen MR) is 83.9 cm³/mol. The summed E-state index contributed by atoms with van der Waals surface area (Å²) in [6.45, 7) is 6.95. The van der Waals surface area contributed by atoms with Gasteiger partial charge in [-0.05, 0) is 52.0 Å². The molecule has 2 rings (SSSR count). The van der Waals surface area contributed by atoms with Gasteiger partial charge in [0.1, 0.15) is 10.7 Å². The maximum absolute atomic E-state index is 13.1. The molecule has 0 spiro atoms. The SMILES string of the molecule is Cc1nn(C)c(C)c1S(=O)(=O)N(c1ccc(F)cc1)C(C)C. The van der Waals surface area contributed by atoms with Crippen LogP contribution in [0, 0.1) is 19.7 Å². The number of sulfonamides is 1. The lowest BCUT2D eigenvalue weighted by Crippen LogP contribution is -2.37. The molecule has 0 fully saturated rings. The second-order valence-corrected chi connectivity index (χ2v) is 7.25. The minimum absolute atomic E-state index is 0.202. The van der Waals surface area contributed by atoms with E-state index in [1.54, 1.807) is 39.4 Å². The number of hydrogen-bond donors (Lipinski definition) is 0. The quantitative estimate of drug-likeness (QED) is 0.868. The highest BCUT2D eigenvalue weighted by atomic mass is 32.2. The molecule has 22 heavy (non-hydrogen) atoms. The fourth-order valence-electron chi connectivity index (χ4n) is 2.53. The Morgan fingerprint density at radius 1 is 1.18 bits per heavy atom. The standard InChI is InChI=1S/C15H20FN3O2S/c1-10(2)19(14-8-6-13(16)7-9-14)22(20,21)15-11(3)17-18(5)12(15)4/h6-10H,1-5H3. The van der Waals surface area contributed by atoms with Crippen molar-refractivity contribution >= 4 is 15.7 Å². The minimum Gasteiger partial charge on any atom is -0.271 e. The average molecular weight is 325 g/mol. The van der Waals surface area contributed by atoms with Gasteiger partial charge in [0.15, 0.2) is 0 Å². The highest BCUT2D eigenvalue weighted by Gasteiger charge is 2.32. The molecule has 2 aromatic rings. The van der Waals surface area contributed by atoms with Gasteiger partial charge < -0.3 is 0 Å². The van der Waals surface area contributed by atoms with Gasteiger partial charge in [0, 0.05) is 13.1 Å². The van der Waals surface area contributed by atoms with Crippen LogP contribution in [0.15, 0.2) is 29.2 Å². The zero-order valence-corrected chi connectivity index (χ0v) is 14.1. The summed E-state index contributed by atoms with van der Waals surface area (Å²) in [6, 6.07) is 5.13. The van der Waals surface area contributed by atoms with Crippen LogP contribution in [-0.4, -0.2) is 24.2 Å². The summed E-state index contributed by atoms with van der Waals surface area (Å²) in [6.07, 6.45) is 0. The van der Waals surface area contributed by atoms with E-state index in [0.29, 0.717) is 17.1 Å². The lowest BCUT2D eigenvalue weighted by atomic mass is 10.3. The molecule has 0 aliphatic heterocycles. The molecule has 0 N–H and O–H groups in total. The van der Waals surface area contributed by atoms with Crippen LogP contribution in [0.2, 0.25) is 0 Å². The predicted octanol–water partition coefficient (Wildman–Crippen LogP) is 2.78. The smallest absolute Gasteiger partial charge is 0.268 e. The van der Waals surface area contributed by atoms with Gasteiger partial charge in [-0.25, -0.2) is 12.8 Å². The first kappa shape index (κ1) is 16.5. The summed E-state index contributed by atoms with van der Waals surface area (Å²) in [4.78, 5) is 0.202. The number of benzene rings is 1. The van der Waals surface area contributed by atoms with Gasteiger partial charge in [-0.2, -0.15) is 5.10 Å². The summed E-state index contributed by atoms with van der Waals surface area (Å²) in [5, 5.41) is 4.18. The molecular formula is C15H20FN3O2S. The van der Waals surface area contributed by atoms with Gasteiger partial charge >= 0.3 is 0 Å². The topological polar surface area (TPSA) is 55.2 Å². The number of hydrogen-bond acceptors (Lipinski definition) is 3. The molecular weight excluding hydrogens is 305 g/mol. The Morgan fingerprint density at radius 2 is 1.73 bits per heavy atom. The van der Waals surface area contributed by atoms with E-state index in [9.17, 15) is 12.8 Å². The van der Waals surface area contributed by atoms with Crippen molar-refractivity contribution in [1.29, 1.82) is 0 Å². The van der Waals surface area contributed by atoms with E-state index < -0.39 is 15.8 Å². The van der Waals surface area contributed by atoms with Crippen LogP contribution in [0.3, 0.4) is 0 Å². The van der Waals surface area contributed by atoms with E-state index >= 15 is 0 Å². The maximum Gasteiger partial charge on any atom is 0.268 e. The van der Waals surface area contributed by atoms with Crippen molar-refractivity contribution < 1.29 is 12.8 Å². The third kappa shape index (κ3) is 2.72. The summed E-state index contributed by atoms with van der Waals surface area (Å²) >= 11 is 0. The number of anilines is 1. The molecule has 0 unspecified atom stereocenters. The normalized spacial score (nSPS) is 12.0. The Bertz CT molecular complexity index is 780. The third-order valence-corrected chi connectivity index (χ3v) is 5.77. The number of nitrogens with zero attached hydrogens (tertiary/aromatic N) is 3. The van der Waals surface area contributed by atoms with Gasteiger partial charge in [0.25, 0.3) is 10.0 Å². The highest BCUT2D eigenvalue weighted by Crippen LogP contribution is 2.29. The summed E-state index contributed by atoms with van der Waals surface area (Å²) in [5.74, 6) is -0.404. The second-order valence-electron chi connectivity index (χ2n) is 5.49. The zero-order chi connectivity index (χ0) is 16.7. The Morgan fingerprint density at radius 3 is 2.14 bits per heavy atom. The van der Waals surface area contributed by atoms with Crippen molar-refractivity contribution in [2.75, 3.05) is 4.31 Å². The Labute approximate surface area is 130 Å². The van der Waals surface area contributed by atoms with Gasteiger partial charge in [0.05, 0.1) is 17.1 Å². The first-order valence-corrected chi connectivity index (χ1v) is 8.40. The van der Waals surface area contributed by atoms with Crippen LogP contribution in [-0.2, 0) is 17.1 Å².